The van der Waals surface area contributed by atoms with Crippen molar-refractivity contribution in [3.8, 4) is 0 Å². The van der Waals surface area contributed by atoms with Gasteiger partial charge in [0.05, 0.1) is 49.3 Å². The molecule has 1 aromatic rings. The Morgan fingerprint density at radius 3 is 2.06 bits per heavy atom. The van der Waals surface area contributed by atoms with Gasteiger partial charge >= 0.3 is 0 Å². The minimum atomic E-state index is -1.17. The van der Waals surface area contributed by atoms with E-state index in [-0.39, 0.29) is 90.8 Å². The van der Waals surface area contributed by atoms with Crippen molar-refractivity contribution in [3.63, 3.8) is 0 Å². The standard InChI is InChI=1S/C60H95N9O12/c1-13-41(6)54(46(79-11)37-51(74)67-33-19-25-45(67)55(80-12)42(7)56(75)63-60(59(78)69-35-17-18-36-81-69)38-44(60)43-23-15-14-16-24-43)66(10)53(40(4)5)58(77)62-57(76)52(39(2)3)65(9)31-20-26-47(70)61-30-22-32-64(8)48(71)27-21-34-68-49(72)28-29-50(68)73/h14-16,23-24,28-29,39-42,44-46,52-55H,13,17-22,25-27,30-38H2,1-12H3,(H,61,70)(H,63,75)(H,62,76,77)/t41-,42+,44+,45-,46+,52-,53-,54-,55+,60-/m0/s1. The molecular weight excluding hydrogens is 1040 g/mol. The lowest BCUT2D eigenvalue weighted by atomic mass is 9.87. The quantitative estimate of drug-likeness (QED) is 0.0682. The molecule has 1 saturated carbocycles. The van der Waals surface area contributed by atoms with Crippen LogP contribution >= 0.6 is 0 Å². The number of imide groups is 2. The largest absolute Gasteiger partial charge is 0.379 e. The van der Waals surface area contributed by atoms with Crippen LogP contribution in [0.5, 0.6) is 0 Å². The van der Waals surface area contributed by atoms with E-state index in [2.05, 4.69) is 22.9 Å². The summed E-state index contributed by atoms with van der Waals surface area (Å²) in [6.07, 6.45) is 6.99. The third-order valence-corrected chi connectivity index (χ3v) is 17.0. The molecule has 1 aromatic carbocycles. The molecule has 3 fully saturated rings. The van der Waals surface area contributed by atoms with Gasteiger partial charge in [0.1, 0.15) is 5.54 Å². The molecule has 10 atom stereocenters. The monoisotopic (exact) mass is 1130 g/mol. The number of hydroxylamine groups is 2. The van der Waals surface area contributed by atoms with E-state index in [0.29, 0.717) is 84.3 Å². The highest BCUT2D eigenvalue weighted by Crippen LogP contribution is 2.53. The van der Waals surface area contributed by atoms with Crippen molar-refractivity contribution in [2.24, 2.45) is 23.7 Å². The smallest absolute Gasteiger partial charge is 0.272 e. The third-order valence-electron chi connectivity index (χ3n) is 17.0. The van der Waals surface area contributed by atoms with Gasteiger partial charge in [-0.2, -0.15) is 0 Å². The molecule has 0 spiro atoms. The number of hydrogen-bond acceptors (Lipinski definition) is 14. The minimum absolute atomic E-state index is 0.00772. The fraction of sp³-hybridized carbons (Fsp3) is 0.717. The average molecular weight is 1130 g/mol. The van der Waals surface area contributed by atoms with Gasteiger partial charge in [-0.05, 0) is 95.3 Å². The summed E-state index contributed by atoms with van der Waals surface area (Å²) in [4.78, 5) is 135. The number of nitrogens with one attached hydrogen (secondary N) is 3. The van der Waals surface area contributed by atoms with E-state index in [0.717, 1.165) is 23.3 Å². The molecule has 21 nitrogen and oxygen atoms in total. The van der Waals surface area contributed by atoms with Gasteiger partial charge in [0, 0.05) is 90.9 Å². The van der Waals surface area contributed by atoms with Crippen molar-refractivity contribution in [1.82, 2.24) is 45.5 Å². The number of nitrogens with zero attached hydrogens (tertiary/aromatic N) is 6. The lowest BCUT2D eigenvalue weighted by Crippen LogP contribution is -2.60. The molecule has 0 radical (unpaired) electrons. The first-order chi connectivity index (χ1) is 38.5. The number of carbonyl (C=O) groups excluding carboxylic acids is 9. The minimum Gasteiger partial charge on any atom is -0.379 e. The van der Waals surface area contributed by atoms with Crippen molar-refractivity contribution in [2.75, 3.05) is 81.2 Å². The Bertz CT molecular complexity index is 2330. The number of hydrogen-bond donors (Lipinski definition) is 3. The summed E-state index contributed by atoms with van der Waals surface area (Å²) in [6, 6.07) is 7.39. The Morgan fingerprint density at radius 1 is 0.790 bits per heavy atom. The van der Waals surface area contributed by atoms with E-state index in [1.54, 1.807) is 45.0 Å². The maximum Gasteiger partial charge on any atom is 0.272 e. The Labute approximate surface area is 480 Å². The van der Waals surface area contributed by atoms with Crippen LogP contribution < -0.4 is 16.0 Å². The van der Waals surface area contributed by atoms with Gasteiger partial charge in [0.2, 0.25) is 35.4 Å². The average Bonchev–Trinajstić information content (AvgIpc) is 4.06. The summed E-state index contributed by atoms with van der Waals surface area (Å²) in [7, 11) is 8.44. The van der Waals surface area contributed by atoms with E-state index < -0.39 is 59.6 Å². The van der Waals surface area contributed by atoms with Crippen molar-refractivity contribution in [1.29, 1.82) is 0 Å². The van der Waals surface area contributed by atoms with Gasteiger partial charge in [-0.1, -0.05) is 85.2 Å². The first-order valence-electron chi connectivity index (χ1n) is 29.5. The summed E-state index contributed by atoms with van der Waals surface area (Å²) in [6.45, 7) is 16.3. The maximum absolute atomic E-state index is 14.7. The summed E-state index contributed by atoms with van der Waals surface area (Å²) in [5, 5.41) is 10.2. The van der Waals surface area contributed by atoms with Crippen LogP contribution in [0.25, 0.3) is 0 Å². The molecule has 0 bridgehead atoms. The zero-order chi connectivity index (χ0) is 59.7. The molecule has 3 aliphatic heterocycles. The van der Waals surface area contributed by atoms with Crippen molar-refractivity contribution >= 4 is 53.2 Å². The predicted octanol–water partition coefficient (Wildman–Crippen LogP) is 4.05. The molecule has 5 rings (SSSR count). The van der Waals surface area contributed by atoms with Crippen LogP contribution in [0.3, 0.4) is 0 Å². The van der Waals surface area contributed by atoms with Gasteiger partial charge in [0.15, 0.2) is 0 Å². The predicted molar refractivity (Wildman–Crippen MR) is 305 cm³/mol. The van der Waals surface area contributed by atoms with E-state index >= 15 is 0 Å². The fourth-order valence-corrected chi connectivity index (χ4v) is 12.3. The van der Waals surface area contributed by atoms with Crippen LogP contribution in [-0.4, -0.2) is 206 Å². The second-order valence-electron chi connectivity index (χ2n) is 23.5. The van der Waals surface area contributed by atoms with Crippen molar-refractivity contribution in [2.45, 2.75) is 173 Å². The Kier molecular flexibility index (Phi) is 25.5. The topological polar surface area (TPSA) is 237 Å². The molecule has 2 saturated heterocycles. The van der Waals surface area contributed by atoms with Crippen LogP contribution in [0.4, 0.5) is 0 Å². The van der Waals surface area contributed by atoms with E-state index in [9.17, 15) is 43.2 Å². The molecular formula is C60H95N9O12. The van der Waals surface area contributed by atoms with Gasteiger partial charge in [-0.15, -0.1) is 0 Å². The third kappa shape index (κ3) is 17.2. The van der Waals surface area contributed by atoms with Gasteiger partial charge in [-0.3, -0.25) is 68.0 Å². The van der Waals surface area contributed by atoms with Gasteiger partial charge in [-0.25, -0.2) is 5.06 Å². The molecule has 21 heteroatoms. The normalized spacial score (nSPS) is 21.7. The number of rotatable bonds is 32. The van der Waals surface area contributed by atoms with Crippen LogP contribution in [-0.2, 0) is 57.5 Å². The van der Waals surface area contributed by atoms with E-state index in [4.69, 9.17) is 14.3 Å². The molecule has 0 unspecified atom stereocenters. The van der Waals surface area contributed by atoms with Crippen molar-refractivity contribution < 1.29 is 57.5 Å². The maximum atomic E-state index is 14.7. The lowest BCUT2D eigenvalue weighted by Gasteiger charge is -2.43. The van der Waals surface area contributed by atoms with Crippen molar-refractivity contribution in [3.05, 3.63) is 48.0 Å². The number of amides is 9. The summed E-state index contributed by atoms with van der Waals surface area (Å²) < 4.78 is 12.3. The summed E-state index contributed by atoms with van der Waals surface area (Å²) >= 11 is 0. The molecule has 3 heterocycles. The number of methoxy groups -OCH3 is 2. The first-order valence-corrected chi connectivity index (χ1v) is 29.5. The van der Waals surface area contributed by atoms with Crippen LogP contribution in [0, 0.1) is 23.7 Å². The highest BCUT2D eigenvalue weighted by atomic mass is 16.7. The second-order valence-corrected chi connectivity index (χ2v) is 23.5. The van der Waals surface area contributed by atoms with Crippen LogP contribution in [0.15, 0.2) is 42.5 Å². The summed E-state index contributed by atoms with van der Waals surface area (Å²) in [5.41, 5.74) is -0.208. The first kappa shape index (κ1) is 66.2. The molecule has 3 N–H and O–H groups in total. The van der Waals surface area contributed by atoms with Crippen LogP contribution in [0.1, 0.15) is 137 Å². The Morgan fingerprint density at radius 2 is 1.46 bits per heavy atom. The fourth-order valence-electron chi connectivity index (χ4n) is 12.3. The Hall–Kier alpha value is -5.61. The van der Waals surface area contributed by atoms with Gasteiger partial charge < -0.3 is 29.9 Å². The number of likely N-dealkylation sites (N-methyl/N-ethyl adjacent to an activating group) is 2. The SMILES string of the molecule is CC[C@H](C)[C@@H]([C@@H](CC(=O)N1CCC[C@H]1[C@H](OC)[C@@H](C)C(=O)N[C@@]1(C(=O)N2CCCCO2)C[C@@H]1c1ccccc1)OC)N(C)[C@H](C(=O)NC(=O)[C@H](C(C)C)N(C)CCCC(=O)NCCCN(C)C(=O)CCCN1C(=O)C=CC1=O)C(C)C. The zero-order valence-corrected chi connectivity index (χ0v) is 50.4. The molecule has 9 amide bonds. The summed E-state index contributed by atoms with van der Waals surface area (Å²) in [5.74, 6) is -4.13. The number of ether oxygens (including phenoxy) is 2. The lowest BCUT2D eigenvalue weighted by molar-refractivity contribution is -0.200. The molecule has 81 heavy (non-hydrogen) atoms. The van der Waals surface area contributed by atoms with Crippen LogP contribution in [0.2, 0.25) is 0 Å². The zero-order valence-electron chi connectivity index (χ0n) is 50.4. The molecule has 1 aliphatic carbocycles. The highest BCUT2D eigenvalue weighted by molar-refractivity contribution is 6.12. The molecule has 0 aromatic heterocycles. The number of likely N-dealkylation sites (tertiary alicyclic amines) is 1. The van der Waals surface area contributed by atoms with E-state index in [1.165, 1.54) is 17.2 Å². The van der Waals surface area contributed by atoms with E-state index in [1.807, 2.05) is 81.8 Å². The number of benzene rings is 1. The number of carbonyl (C=O) groups is 9. The highest BCUT2D eigenvalue weighted by Gasteiger charge is 2.64. The molecule has 4 aliphatic rings. The second kappa shape index (κ2) is 31.2. The van der Waals surface area contributed by atoms with Gasteiger partial charge in [0.25, 0.3) is 17.7 Å². The molecule has 452 valence electrons. The Balaban J connectivity index is 1.15.